The molecule has 1 heterocycles. The van der Waals surface area contributed by atoms with Crippen LogP contribution in [0.1, 0.15) is 25.7 Å². The Bertz CT molecular complexity index is 458. The zero-order valence-corrected chi connectivity index (χ0v) is 10.8. The number of carbonyl (C=O) groups is 2. The second-order valence-electron chi connectivity index (χ2n) is 5.09. The Morgan fingerprint density at radius 3 is 2.33 bits per heavy atom. The van der Waals surface area contributed by atoms with E-state index in [1.807, 2.05) is 0 Å². The molecule has 0 aromatic heterocycles. The molecule has 0 radical (unpaired) electrons. The Morgan fingerprint density at radius 1 is 1.11 bits per heavy atom. The maximum atomic E-state index is 12.0. The second-order valence-corrected chi connectivity index (χ2v) is 7.32. The van der Waals surface area contributed by atoms with Crippen LogP contribution in [0.4, 0.5) is 0 Å². The minimum absolute atomic E-state index is 0.0246. The average molecular weight is 275 g/mol. The first kappa shape index (κ1) is 13.3. The SMILES string of the molecule is O=C(O)C1CCCC1C(=O)NC1CCS(=O)(=O)C1. The highest BCUT2D eigenvalue weighted by Gasteiger charge is 2.39. The maximum absolute atomic E-state index is 12.0. The number of nitrogens with one attached hydrogen (secondary N) is 1. The first-order chi connectivity index (χ1) is 8.39. The van der Waals surface area contributed by atoms with Crippen LogP contribution in [-0.4, -0.2) is 42.9 Å². The molecule has 0 aromatic carbocycles. The Labute approximate surface area is 106 Å². The van der Waals surface area contributed by atoms with Crippen molar-refractivity contribution in [2.45, 2.75) is 31.7 Å². The van der Waals surface area contributed by atoms with Gasteiger partial charge in [0.2, 0.25) is 5.91 Å². The first-order valence-electron chi connectivity index (χ1n) is 6.12. The fourth-order valence-electron chi connectivity index (χ4n) is 2.79. The highest BCUT2D eigenvalue weighted by molar-refractivity contribution is 7.91. The summed E-state index contributed by atoms with van der Waals surface area (Å²) in [6.07, 6.45) is 2.26. The number of sulfone groups is 1. The van der Waals surface area contributed by atoms with Gasteiger partial charge in [0.1, 0.15) is 0 Å². The van der Waals surface area contributed by atoms with Gasteiger partial charge in [-0.15, -0.1) is 0 Å². The molecule has 2 fully saturated rings. The van der Waals surface area contributed by atoms with E-state index in [-0.39, 0.29) is 23.5 Å². The van der Waals surface area contributed by atoms with Gasteiger partial charge >= 0.3 is 5.97 Å². The normalized spacial score (nSPS) is 34.3. The average Bonchev–Trinajstić information content (AvgIpc) is 2.84. The van der Waals surface area contributed by atoms with E-state index in [4.69, 9.17) is 5.11 Å². The molecule has 2 N–H and O–H groups in total. The minimum atomic E-state index is -3.03. The third-order valence-corrected chi connectivity index (χ3v) is 5.52. The maximum Gasteiger partial charge on any atom is 0.307 e. The lowest BCUT2D eigenvalue weighted by atomic mass is 9.95. The van der Waals surface area contributed by atoms with Gasteiger partial charge in [0, 0.05) is 6.04 Å². The van der Waals surface area contributed by atoms with Crippen molar-refractivity contribution in [2.75, 3.05) is 11.5 Å². The van der Waals surface area contributed by atoms with Crippen molar-refractivity contribution < 1.29 is 23.1 Å². The van der Waals surface area contributed by atoms with Gasteiger partial charge in [-0.3, -0.25) is 9.59 Å². The zero-order chi connectivity index (χ0) is 13.3. The van der Waals surface area contributed by atoms with E-state index in [2.05, 4.69) is 5.32 Å². The van der Waals surface area contributed by atoms with E-state index in [0.717, 1.165) is 6.42 Å². The van der Waals surface area contributed by atoms with Gasteiger partial charge in [-0.2, -0.15) is 0 Å². The Hall–Kier alpha value is -1.11. The van der Waals surface area contributed by atoms with Gasteiger partial charge < -0.3 is 10.4 Å². The summed E-state index contributed by atoms with van der Waals surface area (Å²) >= 11 is 0. The number of amides is 1. The summed E-state index contributed by atoms with van der Waals surface area (Å²) in [5.41, 5.74) is 0. The molecule has 18 heavy (non-hydrogen) atoms. The van der Waals surface area contributed by atoms with Gasteiger partial charge in [0.25, 0.3) is 0 Å². The van der Waals surface area contributed by atoms with Crippen LogP contribution in [0.15, 0.2) is 0 Å². The van der Waals surface area contributed by atoms with Crippen LogP contribution in [0.5, 0.6) is 0 Å². The number of carboxylic acids is 1. The summed E-state index contributed by atoms with van der Waals surface area (Å²) in [5.74, 6) is -2.30. The summed E-state index contributed by atoms with van der Waals surface area (Å²) in [4.78, 5) is 22.9. The topological polar surface area (TPSA) is 101 Å². The highest BCUT2D eigenvalue weighted by atomic mass is 32.2. The molecule has 3 atom stereocenters. The summed E-state index contributed by atoms with van der Waals surface area (Å²) in [6, 6.07) is -0.349. The quantitative estimate of drug-likeness (QED) is 0.742. The molecule has 3 unspecified atom stereocenters. The Morgan fingerprint density at radius 2 is 1.78 bits per heavy atom. The van der Waals surface area contributed by atoms with Gasteiger partial charge in [-0.25, -0.2) is 8.42 Å². The van der Waals surface area contributed by atoms with Gasteiger partial charge in [-0.1, -0.05) is 6.42 Å². The lowest BCUT2D eigenvalue weighted by Gasteiger charge is -2.18. The third kappa shape index (κ3) is 2.82. The van der Waals surface area contributed by atoms with E-state index in [1.165, 1.54) is 0 Å². The first-order valence-corrected chi connectivity index (χ1v) is 7.95. The molecular formula is C11H17NO5S. The number of hydrogen-bond acceptors (Lipinski definition) is 4. The summed E-state index contributed by atoms with van der Waals surface area (Å²) in [5, 5.41) is 11.7. The standard InChI is InChI=1S/C11H17NO5S/c13-10(8-2-1-3-9(8)11(14)15)12-7-4-5-18(16,17)6-7/h7-9H,1-6H2,(H,12,13)(H,14,15). The highest BCUT2D eigenvalue weighted by Crippen LogP contribution is 2.32. The monoisotopic (exact) mass is 275 g/mol. The van der Waals surface area contributed by atoms with Crippen molar-refractivity contribution in [3.8, 4) is 0 Å². The molecular weight excluding hydrogens is 258 g/mol. The molecule has 1 amide bonds. The smallest absolute Gasteiger partial charge is 0.307 e. The van der Waals surface area contributed by atoms with Crippen molar-refractivity contribution in [1.29, 1.82) is 0 Å². The summed E-state index contributed by atoms with van der Waals surface area (Å²) < 4.78 is 22.5. The van der Waals surface area contributed by atoms with Crippen LogP contribution in [0.25, 0.3) is 0 Å². The molecule has 1 aliphatic carbocycles. The Kier molecular flexibility index (Phi) is 3.61. The number of aliphatic carboxylic acids is 1. The fourth-order valence-corrected chi connectivity index (χ4v) is 4.46. The molecule has 1 saturated carbocycles. The molecule has 2 aliphatic rings. The van der Waals surface area contributed by atoms with E-state index in [9.17, 15) is 18.0 Å². The third-order valence-electron chi connectivity index (χ3n) is 3.75. The Balaban J connectivity index is 1.94. The summed E-state index contributed by atoms with van der Waals surface area (Å²) in [7, 11) is -3.03. The molecule has 0 bridgehead atoms. The minimum Gasteiger partial charge on any atom is -0.481 e. The van der Waals surface area contributed by atoms with Crippen LogP contribution in [0.3, 0.4) is 0 Å². The number of rotatable bonds is 3. The molecule has 1 saturated heterocycles. The lowest BCUT2D eigenvalue weighted by Crippen LogP contribution is -2.41. The van der Waals surface area contributed by atoms with Crippen LogP contribution in [-0.2, 0) is 19.4 Å². The molecule has 1 aliphatic heterocycles. The van der Waals surface area contributed by atoms with Crippen LogP contribution in [0.2, 0.25) is 0 Å². The molecule has 0 aromatic rings. The van der Waals surface area contributed by atoms with Crippen LogP contribution < -0.4 is 5.32 Å². The predicted octanol–water partition coefficient (Wildman–Crippen LogP) is -0.209. The van der Waals surface area contributed by atoms with E-state index in [1.54, 1.807) is 0 Å². The molecule has 7 heteroatoms. The number of carbonyl (C=O) groups excluding carboxylic acids is 1. The molecule has 0 spiro atoms. The van der Waals surface area contributed by atoms with Crippen molar-refractivity contribution in [2.24, 2.45) is 11.8 Å². The zero-order valence-electron chi connectivity index (χ0n) is 9.96. The van der Waals surface area contributed by atoms with E-state index in [0.29, 0.717) is 19.3 Å². The largest absolute Gasteiger partial charge is 0.481 e. The van der Waals surface area contributed by atoms with Gasteiger partial charge in [0.15, 0.2) is 9.84 Å². The predicted molar refractivity (Wildman–Crippen MR) is 63.7 cm³/mol. The van der Waals surface area contributed by atoms with E-state index >= 15 is 0 Å². The van der Waals surface area contributed by atoms with Crippen LogP contribution in [0, 0.1) is 11.8 Å². The van der Waals surface area contributed by atoms with Crippen molar-refractivity contribution in [1.82, 2.24) is 5.32 Å². The van der Waals surface area contributed by atoms with Crippen molar-refractivity contribution >= 4 is 21.7 Å². The number of hydrogen-bond donors (Lipinski definition) is 2. The van der Waals surface area contributed by atoms with Crippen molar-refractivity contribution in [3.63, 3.8) is 0 Å². The molecule has 102 valence electrons. The fraction of sp³-hybridized carbons (Fsp3) is 0.818. The van der Waals surface area contributed by atoms with Crippen molar-refractivity contribution in [3.05, 3.63) is 0 Å². The summed E-state index contributed by atoms with van der Waals surface area (Å²) in [6.45, 7) is 0. The molecule has 6 nitrogen and oxygen atoms in total. The number of carboxylic acid groups (broad SMARTS) is 1. The van der Waals surface area contributed by atoms with Crippen LogP contribution >= 0.6 is 0 Å². The molecule has 2 rings (SSSR count). The van der Waals surface area contributed by atoms with E-state index < -0.39 is 27.6 Å². The lowest BCUT2D eigenvalue weighted by molar-refractivity contribution is -0.146. The second kappa shape index (κ2) is 4.87. The van der Waals surface area contributed by atoms with Gasteiger partial charge in [0.05, 0.1) is 23.3 Å². The van der Waals surface area contributed by atoms with Gasteiger partial charge in [-0.05, 0) is 19.3 Å².